The third-order valence-electron chi connectivity index (χ3n) is 6.88. The van der Waals surface area contributed by atoms with Crippen molar-refractivity contribution in [1.29, 1.82) is 0 Å². The number of ether oxygens (including phenoxy) is 4. The van der Waals surface area contributed by atoms with Gasteiger partial charge in [0.05, 0.1) is 19.8 Å². The van der Waals surface area contributed by atoms with Crippen LogP contribution in [0.4, 0.5) is 0 Å². The van der Waals surface area contributed by atoms with E-state index in [1.807, 2.05) is 0 Å². The van der Waals surface area contributed by atoms with Gasteiger partial charge in [0.25, 0.3) is 0 Å². The quantitative estimate of drug-likeness (QED) is 0.164. The smallest absolute Gasteiger partial charge is 0.229 e. The van der Waals surface area contributed by atoms with E-state index in [0.717, 1.165) is 6.07 Å². The predicted octanol–water partition coefficient (Wildman–Crippen LogP) is -1.49. The Morgan fingerprint density at radius 1 is 0.975 bits per heavy atom. The Morgan fingerprint density at radius 2 is 1.70 bits per heavy atom. The second kappa shape index (κ2) is 10.9. The molecule has 5 rings (SSSR count). The van der Waals surface area contributed by atoms with E-state index in [1.54, 1.807) is 0 Å². The summed E-state index contributed by atoms with van der Waals surface area (Å²) < 4.78 is 28.0. The number of phenols is 2. The van der Waals surface area contributed by atoms with Gasteiger partial charge in [-0.15, -0.1) is 0 Å². The highest BCUT2D eigenvalue weighted by Gasteiger charge is 2.53. The summed E-state index contributed by atoms with van der Waals surface area (Å²) in [5.41, 5.74) is -2.22. The Balaban J connectivity index is 1.47. The molecule has 1 aromatic heterocycles. The van der Waals surface area contributed by atoms with Crippen molar-refractivity contribution in [3.8, 4) is 28.6 Å². The zero-order valence-corrected chi connectivity index (χ0v) is 20.7. The van der Waals surface area contributed by atoms with Crippen molar-refractivity contribution in [1.82, 2.24) is 0 Å². The van der Waals surface area contributed by atoms with Gasteiger partial charge in [-0.05, 0) is 24.3 Å². The predicted molar refractivity (Wildman–Crippen MR) is 132 cm³/mol. The lowest BCUT2D eigenvalue weighted by Crippen LogP contribution is -2.62. The minimum Gasteiger partial charge on any atom is -0.508 e. The first kappa shape index (κ1) is 28.2. The highest BCUT2D eigenvalue weighted by atomic mass is 16.8. The first-order valence-corrected chi connectivity index (χ1v) is 12.2. The normalized spacial score (nSPS) is 32.4. The van der Waals surface area contributed by atoms with Crippen molar-refractivity contribution in [2.75, 3.05) is 19.8 Å². The average molecular weight is 564 g/mol. The number of hydrogen-bond acceptors (Lipinski definition) is 14. The van der Waals surface area contributed by atoms with Crippen LogP contribution in [0.1, 0.15) is 0 Å². The lowest BCUT2D eigenvalue weighted by molar-refractivity contribution is -0.318. The largest absolute Gasteiger partial charge is 0.508 e. The summed E-state index contributed by atoms with van der Waals surface area (Å²) in [6, 6.07) is 9.37. The summed E-state index contributed by atoms with van der Waals surface area (Å²) in [5, 5.41) is 80.7. The lowest BCUT2D eigenvalue weighted by atomic mass is 9.98. The molecular weight excluding hydrogens is 536 g/mol. The van der Waals surface area contributed by atoms with Crippen molar-refractivity contribution < 1.29 is 64.2 Å². The fourth-order valence-corrected chi connectivity index (χ4v) is 4.57. The highest BCUT2D eigenvalue weighted by molar-refractivity contribution is 5.86. The van der Waals surface area contributed by atoms with E-state index >= 15 is 0 Å². The van der Waals surface area contributed by atoms with E-state index < -0.39 is 79.7 Å². The van der Waals surface area contributed by atoms with Crippen LogP contribution in [0.3, 0.4) is 0 Å². The molecule has 216 valence electrons. The molecule has 8 N–H and O–H groups in total. The Morgan fingerprint density at radius 3 is 2.35 bits per heavy atom. The van der Waals surface area contributed by atoms with Crippen LogP contribution in [0, 0.1) is 0 Å². The number of aliphatic hydroxyl groups excluding tert-OH is 5. The van der Waals surface area contributed by atoms with Gasteiger partial charge in [0.1, 0.15) is 64.0 Å². The number of rotatable bonds is 7. The number of hydrogen-bond donors (Lipinski definition) is 8. The second-order valence-corrected chi connectivity index (χ2v) is 9.65. The lowest BCUT2D eigenvalue weighted by Gasteiger charge is -2.42. The van der Waals surface area contributed by atoms with E-state index in [9.17, 15) is 45.6 Å². The summed E-state index contributed by atoms with van der Waals surface area (Å²) in [7, 11) is 0. The van der Waals surface area contributed by atoms with Gasteiger partial charge >= 0.3 is 0 Å². The van der Waals surface area contributed by atoms with Crippen molar-refractivity contribution in [2.24, 2.45) is 0 Å². The zero-order valence-electron chi connectivity index (χ0n) is 20.7. The Labute approximate surface area is 225 Å². The van der Waals surface area contributed by atoms with Gasteiger partial charge in [-0.1, -0.05) is 0 Å². The van der Waals surface area contributed by atoms with Crippen LogP contribution in [-0.2, 0) is 14.2 Å². The van der Waals surface area contributed by atoms with Crippen LogP contribution < -0.4 is 10.2 Å². The number of phenolic OH excluding ortho intramolecular Hbond substituents is 2. The molecule has 0 radical (unpaired) electrons. The zero-order chi connectivity index (χ0) is 28.8. The van der Waals surface area contributed by atoms with E-state index in [2.05, 4.69) is 0 Å². The molecule has 2 aliphatic heterocycles. The van der Waals surface area contributed by atoms with Gasteiger partial charge in [0, 0.05) is 23.8 Å². The summed E-state index contributed by atoms with van der Waals surface area (Å²) in [4.78, 5) is 12.8. The Bertz CT molecular complexity index is 1410. The van der Waals surface area contributed by atoms with Crippen molar-refractivity contribution in [3.05, 3.63) is 52.7 Å². The summed E-state index contributed by atoms with van der Waals surface area (Å²) in [6.07, 6.45) is -11.2. The first-order chi connectivity index (χ1) is 19.0. The van der Waals surface area contributed by atoms with Crippen LogP contribution in [0.5, 0.6) is 17.2 Å². The van der Waals surface area contributed by atoms with E-state index in [-0.39, 0.29) is 28.2 Å². The van der Waals surface area contributed by atoms with Crippen molar-refractivity contribution in [2.45, 2.75) is 48.7 Å². The maximum atomic E-state index is 12.8. The molecule has 2 saturated heterocycles. The number of aliphatic hydroxyl groups is 6. The van der Waals surface area contributed by atoms with Gasteiger partial charge in [-0.3, -0.25) is 4.79 Å². The minimum atomic E-state index is -2.04. The van der Waals surface area contributed by atoms with Crippen LogP contribution in [-0.4, -0.2) is 109 Å². The maximum Gasteiger partial charge on any atom is 0.229 e. The first-order valence-electron chi connectivity index (χ1n) is 12.2. The van der Waals surface area contributed by atoms with E-state index in [1.165, 1.54) is 36.4 Å². The molecule has 0 spiro atoms. The summed E-state index contributed by atoms with van der Waals surface area (Å²) >= 11 is 0. The van der Waals surface area contributed by atoms with E-state index in [4.69, 9.17) is 23.4 Å². The SMILES string of the molecule is O=c1cc(-c2ccc(O)cc2)oc2cc(O[C@@H]3O[C@@H](CO)[C@@H](O)[C@@H](O)[C@@H]3O[C@@H]3OC[C@@](O)(CO)[C@H]3O)cc(O)c12. The molecule has 3 heterocycles. The molecule has 2 fully saturated rings. The topological polar surface area (TPSA) is 229 Å². The molecule has 2 aliphatic rings. The maximum absolute atomic E-state index is 12.8. The van der Waals surface area contributed by atoms with Gasteiger partial charge in [0.15, 0.2) is 17.8 Å². The average Bonchev–Trinajstić information content (AvgIpc) is 3.21. The Kier molecular flexibility index (Phi) is 7.71. The highest BCUT2D eigenvalue weighted by Crippen LogP contribution is 2.35. The second-order valence-electron chi connectivity index (χ2n) is 9.65. The van der Waals surface area contributed by atoms with Gasteiger partial charge in [-0.25, -0.2) is 0 Å². The minimum absolute atomic E-state index is 0.00882. The van der Waals surface area contributed by atoms with Crippen LogP contribution in [0.2, 0.25) is 0 Å². The molecule has 0 bridgehead atoms. The molecule has 0 amide bonds. The fraction of sp³-hybridized carbons (Fsp3) is 0.423. The number of aromatic hydroxyl groups is 2. The van der Waals surface area contributed by atoms with Gasteiger partial charge < -0.3 is 64.2 Å². The molecule has 0 saturated carbocycles. The summed E-state index contributed by atoms with van der Waals surface area (Å²) in [6.45, 7) is -2.06. The molecule has 2 aromatic carbocycles. The molecule has 8 atom stereocenters. The molecule has 0 unspecified atom stereocenters. The van der Waals surface area contributed by atoms with Crippen molar-refractivity contribution in [3.63, 3.8) is 0 Å². The standard InChI is InChI=1S/C26H28O14/c27-8-18-20(32)21(33)22(40-25-23(34)26(35,9-28)10-36-25)24(39-18)37-13-5-14(30)19-15(31)7-16(38-17(19)6-13)11-1-3-12(29)4-2-11/h1-7,18,20-25,27-30,32-35H,8-10H2/t18-,20+,21+,22-,23-,24+,25-,26-/m0/s1. The molecule has 14 nitrogen and oxygen atoms in total. The Hall–Kier alpha value is -3.31. The number of benzene rings is 2. The summed E-state index contributed by atoms with van der Waals surface area (Å²) in [5.74, 6) is -0.496. The monoisotopic (exact) mass is 564 g/mol. The molecular formula is C26H28O14. The fourth-order valence-electron chi connectivity index (χ4n) is 4.57. The third kappa shape index (κ3) is 5.12. The van der Waals surface area contributed by atoms with Crippen LogP contribution in [0.25, 0.3) is 22.3 Å². The molecule has 3 aromatic rings. The van der Waals surface area contributed by atoms with Gasteiger partial charge in [-0.2, -0.15) is 0 Å². The third-order valence-corrected chi connectivity index (χ3v) is 6.88. The van der Waals surface area contributed by atoms with Crippen LogP contribution in [0.15, 0.2) is 51.7 Å². The number of fused-ring (bicyclic) bond motifs is 1. The van der Waals surface area contributed by atoms with Gasteiger partial charge in [0.2, 0.25) is 6.29 Å². The van der Waals surface area contributed by atoms with Crippen molar-refractivity contribution >= 4 is 11.0 Å². The molecule has 40 heavy (non-hydrogen) atoms. The van der Waals surface area contributed by atoms with E-state index in [0.29, 0.717) is 5.56 Å². The molecule has 0 aliphatic carbocycles. The van der Waals surface area contributed by atoms with Crippen LogP contribution >= 0.6 is 0 Å². The molecule has 14 heteroatoms.